The summed E-state index contributed by atoms with van der Waals surface area (Å²) in [6, 6.07) is 7.45. The topological polar surface area (TPSA) is 89.3 Å². The Balaban J connectivity index is 0.00000288. The molecule has 0 saturated carbocycles. The Bertz CT molecular complexity index is 616. The summed E-state index contributed by atoms with van der Waals surface area (Å²) in [6.07, 6.45) is 1.71. The number of nitrogens with one attached hydrogen (secondary N) is 2. The Morgan fingerprint density at radius 3 is 2.67 bits per heavy atom. The van der Waals surface area contributed by atoms with Gasteiger partial charge in [0.15, 0.2) is 0 Å². The van der Waals surface area contributed by atoms with Crippen molar-refractivity contribution < 1.29 is 14.1 Å². The maximum Gasteiger partial charge on any atom is 0.226 e. The SMILES string of the molecule is CNCCNC(=O)CCCc1nc(-c2ccc(OC)cc2)no1.Cl. The number of likely N-dealkylation sites (N-methyl/N-ethyl adjacent to an activating group) is 1. The zero-order valence-corrected chi connectivity index (χ0v) is 14.7. The van der Waals surface area contributed by atoms with Gasteiger partial charge in [-0.1, -0.05) is 5.16 Å². The first kappa shape index (κ1) is 19.9. The highest BCUT2D eigenvalue weighted by Gasteiger charge is 2.09. The van der Waals surface area contributed by atoms with Crippen molar-refractivity contribution in [3.8, 4) is 17.1 Å². The van der Waals surface area contributed by atoms with Crippen molar-refractivity contribution >= 4 is 18.3 Å². The molecule has 0 saturated heterocycles. The third kappa shape index (κ3) is 6.17. The molecule has 8 heteroatoms. The summed E-state index contributed by atoms with van der Waals surface area (Å²) in [5, 5.41) is 9.77. The lowest BCUT2D eigenvalue weighted by Gasteiger charge is -2.03. The van der Waals surface area contributed by atoms with Crippen LogP contribution in [0.5, 0.6) is 5.75 Å². The minimum Gasteiger partial charge on any atom is -0.497 e. The summed E-state index contributed by atoms with van der Waals surface area (Å²) >= 11 is 0. The summed E-state index contributed by atoms with van der Waals surface area (Å²) in [5.74, 6) is 1.90. The van der Waals surface area contributed by atoms with Gasteiger partial charge in [0.05, 0.1) is 7.11 Å². The van der Waals surface area contributed by atoms with E-state index in [4.69, 9.17) is 9.26 Å². The van der Waals surface area contributed by atoms with Crippen molar-refractivity contribution in [3.63, 3.8) is 0 Å². The number of hydrogen-bond acceptors (Lipinski definition) is 6. The van der Waals surface area contributed by atoms with E-state index >= 15 is 0 Å². The van der Waals surface area contributed by atoms with Crippen molar-refractivity contribution in [3.05, 3.63) is 30.2 Å². The van der Waals surface area contributed by atoms with E-state index in [0.717, 1.165) is 17.9 Å². The second kappa shape index (κ2) is 10.6. The molecule has 0 aliphatic rings. The number of amides is 1. The normalized spacial score (nSPS) is 10.1. The maximum absolute atomic E-state index is 11.6. The van der Waals surface area contributed by atoms with Crippen LogP contribution < -0.4 is 15.4 Å². The van der Waals surface area contributed by atoms with Crippen LogP contribution in [-0.4, -0.2) is 43.3 Å². The van der Waals surface area contributed by atoms with Gasteiger partial charge in [-0.15, -0.1) is 12.4 Å². The lowest BCUT2D eigenvalue weighted by atomic mass is 10.2. The zero-order chi connectivity index (χ0) is 16.5. The van der Waals surface area contributed by atoms with Crippen LogP contribution in [0.3, 0.4) is 0 Å². The number of aryl methyl sites for hydroxylation is 1. The number of carbonyl (C=O) groups excluding carboxylic acids is 1. The minimum absolute atomic E-state index is 0. The van der Waals surface area contributed by atoms with Crippen LogP contribution in [0.25, 0.3) is 11.4 Å². The number of benzene rings is 1. The molecule has 2 aromatic rings. The van der Waals surface area contributed by atoms with Gasteiger partial charge in [-0.05, 0) is 37.7 Å². The molecule has 0 atom stereocenters. The molecule has 0 unspecified atom stereocenters. The van der Waals surface area contributed by atoms with E-state index < -0.39 is 0 Å². The monoisotopic (exact) mass is 354 g/mol. The Hall–Kier alpha value is -2.12. The molecule has 7 nitrogen and oxygen atoms in total. The van der Waals surface area contributed by atoms with Gasteiger partial charge in [0.25, 0.3) is 0 Å². The third-order valence-corrected chi connectivity index (χ3v) is 3.31. The van der Waals surface area contributed by atoms with Crippen molar-refractivity contribution in [2.45, 2.75) is 19.3 Å². The molecule has 132 valence electrons. The van der Waals surface area contributed by atoms with Gasteiger partial charge in [0, 0.05) is 31.5 Å². The van der Waals surface area contributed by atoms with Gasteiger partial charge in [-0.25, -0.2) is 0 Å². The lowest BCUT2D eigenvalue weighted by molar-refractivity contribution is -0.121. The molecule has 0 aliphatic heterocycles. The van der Waals surface area contributed by atoms with Gasteiger partial charge >= 0.3 is 0 Å². The molecule has 1 aromatic heterocycles. The first-order valence-corrected chi connectivity index (χ1v) is 7.61. The summed E-state index contributed by atoms with van der Waals surface area (Å²) < 4.78 is 10.3. The van der Waals surface area contributed by atoms with Gasteiger partial charge < -0.3 is 19.9 Å². The van der Waals surface area contributed by atoms with E-state index in [0.29, 0.717) is 37.5 Å². The first-order valence-electron chi connectivity index (χ1n) is 7.61. The van der Waals surface area contributed by atoms with E-state index in [9.17, 15) is 4.79 Å². The van der Waals surface area contributed by atoms with Crippen molar-refractivity contribution in [1.82, 2.24) is 20.8 Å². The minimum atomic E-state index is 0. The van der Waals surface area contributed by atoms with Gasteiger partial charge in [0.2, 0.25) is 17.6 Å². The largest absolute Gasteiger partial charge is 0.497 e. The molecule has 0 spiro atoms. The highest BCUT2D eigenvalue weighted by Crippen LogP contribution is 2.20. The predicted molar refractivity (Wildman–Crippen MR) is 93.4 cm³/mol. The van der Waals surface area contributed by atoms with E-state index in [1.54, 1.807) is 7.11 Å². The zero-order valence-electron chi connectivity index (χ0n) is 13.9. The summed E-state index contributed by atoms with van der Waals surface area (Å²) in [7, 11) is 3.47. The van der Waals surface area contributed by atoms with Crippen LogP contribution in [0.15, 0.2) is 28.8 Å². The number of ether oxygens (including phenoxy) is 1. The second-order valence-corrected chi connectivity index (χ2v) is 5.05. The Morgan fingerprint density at radius 2 is 2.00 bits per heavy atom. The molecule has 0 fully saturated rings. The first-order chi connectivity index (χ1) is 11.2. The highest BCUT2D eigenvalue weighted by atomic mass is 35.5. The Labute approximate surface area is 147 Å². The number of rotatable bonds is 9. The predicted octanol–water partition coefficient (Wildman–Crippen LogP) is 1.83. The van der Waals surface area contributed by atoms with Crippen LogP contribution in [-0.2, 0) is 11.2 Å². The van der Waals surface area contributed by atoms with Gasteiger partial charge in [0.1, 0.15) is 5.75 Å². The average molecular weight is 355 g/mol. The highest BCUT2D eigenvalue weighted by molar-refractivity contribution is 5.85. The summed E-state index contributed by atoms with van der Waals surface area (Å²) in [5.41, 5.74) is 0.866. The third-order valence-electron chi connectivity index (χ3n) is 3.31. The molecule has 24 heavy (non-hydrogen) atoms. The number of carbonyl (C=O) groups is 1. The van der Waals surface area contributed by atoms with Crippen LogP contribution in [0.1, 0.15) is 18.7 Å². The second-order valence-electron chi connectivity index (χ2n) is 5.05. The van der Waals surface area contributed by atoms with Crippen LogP contribution in [0.2, 0.25) is 0 Å². The maximum atomic E-state index is 11.6. The molecule has 1 heterocycles. The summed E-state index contributed by atoms with van der Waals surface area (Å²) in [6.45, 7) is 1.40. The lowest BCUT2D eigenvalue weighted by Crippen LogP contribution is -2.30. The van der Waals surface area contributed by atoms with E-state index in [1.165, 1.54) is 0 Å². The fourth-order valence-corrected chi connectivity index (χ4v) is 2.03. The number of aromatic nitrogens is 2. The summed E-state index contributed by atoms with van der Waals surface area (Å²) in [4.78, 5) is 15.9. The molecule has 0 radical (unpaired) electrons. The van der Waals surface area contributed by atoms with Crippen molar-refractivity contribution in [2.75, 3.05) is 27.2 Å². The Morgan fingerprint density at radius 1 is 1.25 bits per heavy atom. The fraction of sp³-hybridized carbons (Fsp3) is 0.438. The molecular formula is C16H23ClN4O3. The number of methoxy groups -OCH3 is 1. The standard InChI is InChI=1S/C16H22N4O3.ClH/c1-17-10-11-18-14(21)4-3-5-15-19-16(20-23-15)12-6-8-13(22-2)9-7-12;/h6-9,17H,3-5,10-11H2,1-2H3,(H,18,21);1H. The molecule has 1 aromatic carbocycles. The van der Waals surface area contributed by atoms with Crippen molar-refractivity contribution in [1.29, 1.82) is 0 Å². The molecule has 0 aliphatic carbocycles. The molecule has 2 rings (SSSR count). The fourth-order valence-electron chi connectivity index (χ4n) is 2.03. The Kier molecular flexibility index (Phi) is 8.81. The van der Waals surface area contributed by atoms with E-state index in [1.807, 2.05) is 31.3 Å². The van der Waals surface area contributed by atoms with Gasteiger partial charge in [-0.3, -0.25) is 4.79 Å². The number of nitrogens with zero attached hydrogens (tertiary/aromatic N) is 2. The molecule has 0 bridgehead atoms. The average Bonchev–Trinajstić information content (AvgIpc) is 3.04. The van der Waals surface area contributed by atoms with Crippen LogP contribution >= 0.6 is 12.4 Å². The van der Waals surface area contributed by atoms with Crippen molar-refractivity contribution in [2.24, 2.45) is 0 Å². The van der Waals surface area contributed by atoms with Gasteiger partial charge in [-0.2, -0.15) is 4.98 Å². The molecule has 2 N–H and O–H groups in total. The number of halogens is 1. The molecular weight excluding hydrogens is 332 g/mol. The van der Waals surface area contributed by atoms with E-state index in [-0.39, 0.29) is 18.3 Å². The number of hydrogen-bond donors (Lipinski definition) is 2. The van der Waals surface area contributed by atoms with E-state index in [2.05, 4.69) is 20.8 Å². The molecule has 1 amide bonds. The van der Waals surface area contributed by atoms with Crippen LogP contribution in [0, 0.1) is 0 Å². The quantitative estimate of drug-likeness (QED) is 0.668. The smallest absolute Gasteiger partial charge is 0.226 e. The van der Waals surface area contributed by atoms with Crippen LogP contribution in [0.4, 0.5) is 0 Å².